The molecule has 0 spiro atoms. The van der Waals surface area contributed by atoms with Gasteiger partial charge in [-0.15, -0.1) is 0 Å². The third-order valence-corrected chi connectivity index (χ3v) is 8.01. The Bertz CT molecular complexity index is 1430. The Labute approximate surface area is 247 Å². The number of amides is 3. The van der Waals surface area contributed by atoms with Gasteiger partial charge in [0, 0.05) is 24.5 Å². The summed E-state index contributed by atoms with van der Waals surface area (Å²) in [5, 5.41) is 5.50. The van der Waals surface area contributed by atoms with Gasteiger partial charge >= 0.3 is 12.3 Å². The average Bonchev–Trinajstić information content (AvgIpc) is 3.71. The van der Waals surface area contributed by atoms with Crippen LogP contribution in [0.25, 0.3) is 0 Å². The number of alkyl carbamates (subject to hydrolysis) is 1. The van der Waals surface area contributed by atoms with Gasteiger partial charge < -0.3 is 25.2 Å². The molecule has 2 saturated heterocycles. The van der Waals surface area contributed by atoms with Gasteiger partial charge in [0.05, 0.1) is 18.7 Å². The van der Waals surface area contributed by atoms with E-state index in [1.165, 1.54) is 24.1 Å². The molecule has 2 N–H and O–H groups in total. The number of anilines is 2. The van der Waals surface area contributed by atoms with Gasteiger partial charge in [0.15, 0.2) is 0 Å². The van der Waals surface area contributed by atoms with Crippen LogP contribution in [0.1, 0.15) is 54.5 Å². The Morgan fingerprint density at radius 3 is 2.21 bits per heavy atom. The zero-order chi connectivity index (χ0) is 30.6. The molecule has 43 heavy (non-hydrogen) atoms. The number of ether oxygens (including phenoxy) is 1. The standard InChI is InChI=1S/C32H33F3N4O4/c1-43-31(42)37-28(22-7-3-2-4-8-22)30(41)39-20-6-10-27(39)29(40)36-24-15-11-21(12-16-24)26-9-5-19-38(26)25-17-13-23(14-18-25)32(33,34)35/h2-4,7-8,11-18,26-28H,5-6,9-10,19-20H2,1H3,(H,36,40)(H,37,42)/t26-,27?,28+/m1/s1. The van der Waals surface area contributed by atoms with Crippen LogP contribution in [0.4, 0.5) is 29.3 Å². The van der Waals surface area contributed by atoms with E-state index in [9.17, 15) is 27.6 Å². The Balaban J connectivity index is 1.25. The normalized spacial score (nSPS) is 19.2. The molecule has 0 saturated carbocycles. The average molecular weight is 595 g/mol. The van der Waals surface area contributed by atoms with Crippen molar-refractivity contribution in [2.45, 2.75) is 50.0 Å². The van der Waals surface area contributed by atoms with Crippen molar-refractivity contribution in [1.29, 1.82) is 0 Å². The molecule has 0 aliphatic carbocycles. The van der Waals surface area contributed by atoms with Crippen molar-refractivity contribution in [3.8, 4) is 0 Å². The van der Waals surface area contributed by atoms with Crippen LogP contribution in [0, 0.1) is 0 Å². The first-order chi connectivity index (χ1) is 20.7. The van der Waals surface area contributed by atoms with E-state index in [1.54, 1.807) is 42.5 Å². The van der Waals surface area contributed by atoms with Crippen molar-refractivity contribution < 1.29 is 32.3 Å². The number of benzene rings is 3. The van der Waals surface area contributed by atoms with E-state index in [0.29, 0.717) is 30.6 Å². The van der Waals surface area contributed by atoms with E-state index in [-0.39, 0.29) is 11.9 Å². The monoisotopic (exact) mass is 594 g/mol. The highest BCUT2D eigenvalue weighted by Crippen LogP contribution is 2.38. The number of nitrogens with one attached hydrogen (secondary N) is 2. The minimum Gasteiger partial charge on any atom is -0.453 e. The molecule has 2 aliphatic rings. The summed E-state index contributed by atoms with van der Waals surface area (Å²) in [4.78, 5) is 42.5. The lowest BCUT2D eigenvalue weighted by atomic mass is 10.0. The molecule has 1 unspecified atom stereocenters. The number of hydrogen-bond acceptors (Lipinski definition) is 5. The van der Waals surface area contributed by atoms with Crippen molar-refractivity contribution in [1.82, 2.24) is 10.2 Å². The Hall–Kier alpha value is -4.54. The molecule has 3 aromatic carbocycles. The molecule has 3 atom stereocenters. The molecule has 3 amide bonds. The number of nitrogens with zero attached hydrogens (tertiary/aromatic N) is 2. The summed E-state index contributed by atoms with van der Waals surface area (Å²) in [5.41, 5.74) is 2.20. The molecule has 3 aromatic rings. The van der Waals surface area contributed by atoms with Gasteiger partial charge in [0.1, 0.15) is 12.1 Å². The van der Waals surface area contributed by atoms with E-state index in [4.69, 9.17) is 4.74 Å². The fraction of sp³-hybridized carbons (Fsp3) is 0.344. The predicted molar refractivity (Wildman–Crippen MR) is 155 cm³/mol. The van der Waals surface area contributed by atoms with Crippen molar-refractivity contribution in [3.05, 3.63) is 95.6 Å². The van der Waals surface area contributed by atoms with Gasteiger partial charge in [-0.3, -0.25) is 9.59 Å². The number of likely N-dealkylation sites (tertiary alicyclic amines) is 1. The third-order valence-electron chi connectivity index (χ3n) is 8.01. The Morgan fingerprint density at radius 1 is 0.884 bits per heavy atom. The number of carbonyl (C=O) groups is 3. The fourth-order valence-corrected chi connectivity index (χ4v) is 5.86. The van der Waals surface area contributed by atoms with Gasteiger partial charge in [-0.25, -0.2) is 4.79 Å². The first-order valence-corrected chi connectivity index (χ1v) is 14.2. The highest BCUT2D eigenvalue weighted by Gasteiger charge is 2.38. The summed E-state index contributed by atoms with van der Waals surface area (Å²) in [6.07, 6.45) is -2.24. The fourth-order valence-electron chi connectivity index (χ4n) is 5.86. The van der Waals surface area contributed by atoms with Crippen LogP contribution in [-0.4, -0.2) is 49.0 Å². The van der Waals surface area contributed by atoms with Crippen LogP contribution < -0.4 is 15.5 Å². The van der Waals surface area contributed by atoms with Gasteiger partial charge in [-0.05, 0) is 73.2 Å². The second kappa shape index (κ2) is 12.8. The van der Waals surface area contributed by atoms with Crippen molar-refractivity contribution in [3.63, 3.8) is 0 Å². The molecule has 0 bridgehead atoms. The Kier molecular flexibility index (Phi) is 8.89. The first kappa shape index (κ1) is 29.9. The van der Waals surface area contributed by atoms with Gasteiger partial charge in [-0.2, -0.15) is 13.2 Å². The Morgan fingerprint density at radius 2 is 1.56 bits per heavy atom. The molecule has 11 heteroatoms. The summed E-state index contributed by atoms with van der Waals surface area (Å²) < 4.78 is 43.7. The third kappa shape index (κ3) is 6.76. The van der Waals surface area contributed by atoms with E-state index in [0.717, 1.165) is 42.8 Å². The van der Waals surface area contributed by atoms with Crippen LogP contribution in [-0.2, 0) is 20.5 Å². The van der Waals surface area contributed by atoms with Gasteiger partial charge in [0.25, 0.3) is 5.91 Å². The van der Waals surface area contributed by atoms with Gasteiger partial charge in [0.2, 0.25) is 5.91 Å². The van der Waals surface area contributed by atoms with Crippen LogP contribution >= 0.6 is 0 Å². The molecule has 2 heterocycles. The molecule has 2 aliphatic heterocycles. The number of methoxy groups -OCH3 is 1. The van der Waals surface area contributed by atoms with E-state index < -0.39 is 35.8 Å². The summed E-state index contributed by atoms with van der Waals surface area (Å²) >= 11 is 0. The molecule has 0 aromatic heterocycles. The lowest BCUT2D eigenvalue weighted by Gasteiger charge is -2.29. The number of halogens is 3. The van der Waals surface area contributed by atoms with Crippen LogP contribution in [0.3, 0.4) is 0 Å². The van der Waals surface area contributed by atoms with Crippen LogP contribution in [0.15, 0.2) is 78.9 Å². The van der Waals surface area contributed by atoms with Gasteiger partial charge in [-0.1, -0.05) is 42.5 Å². The predicted octanol–water partition coefficient (Wildman–Crippen LogP) is 6.07. The zero-order valence-corrected chi connectivity index (χ0v) is 23.6. The first-order valence-electron chi connectivity index (χ1n) is 14.2. The lowest BCUT2D eigenvalue weighted by Crippen LogP contribution is -2.48. The molecule has 226 valence electrons. The maximum Gasteiger partial charge on any atom is 0.416 e. The summed E-state index contributed by atoms with van der Waals surface area (Å²) in [6.45, 7) is 1.11. The minimum absolute atomic E-state index is 0.00154. The topological polar surface area (TPSA) is 91.0 Å². The maximum atomic E-state index is 13.6. The zero-order valence-electron chi connectivity index (χ0n) is 23.6. The summed E-state index contributed by atoms with van der Waals surface area (Å²) in [7, 11) is 1.22. The highest BCUT2D eigenvalue weighted by atomic mass is 19.4. The second-order valence-electron chi connectivity index (χ2n) is 10.7. The van der Waals surface area contributed by atoms with Crippen LogP contribution in [0.2, 0.25) is 0 Å². The summed E-state index contributed by atoms with van der Waals surface area (Å²) in [6, 6.07) is 19.7. The SMILES string of the molecule is COC(=O)N[C@H](C(=O)N1CCCC1C(=O)Nc1ccc([C@H]2CCCN2c2ccc(C(F)(F)F)cc2)cc1)c1ccccc1. The minimum atomic E-state index is -4.38. The van der Waals surface area contributed by atoms with Crippen molar-refractivity contribution in [2.75, 3.05) is 30.4 Å². The quantitative estimate of drug-likeness (QED) is 0.347. The number of rotatable bonds is 7. The maximum absolute atomic E-state index is 13.6. The molecule has 5 rings (SSSR count). The van der Waals surface area contributed by atoms with Crippen molar-refractivity contribution >= 4 is 29.3 Å². The molecular weight excluding hydrogens is 561 g/mol. The molecular formula is C32H33F3N4O4. The van der Waals surface area contributed by atoms with E-state index in [1.807, 2.05) is 12.1 Å². The molecule has 2 fully saturated rings. The van der Waals surface area contributed by atoms with E-state index in [2.05, 4.69) is 15.5 Å². The number of carbonyl (C=O) groups excluding carboxylic acids is 3. The number of alkyl halides is 3. The second-order valence-corrected chi connectivity index (χ2v) is 10.7. The molecule has 8 nitrogen and oxygen atoms in total. The lowest BCUT2D eigenvalue weighted by molar-refractivity contribution is -0.138. The van der Waals surface area contributed by atoms with Crippen LogP contribution in [0.5, 0.6) is 0 Å². The smallest absolute Gasteiger partial charge is 0.416 e. The largest absolute Gasteiger partial charge is 0.453 e. The van der Waals surface area contributed by atoms with E-state index >= 15 is 0 Å². The van der Waals surface area contributed by atoms with Crippen molar-refractivity contribution in [2.24, 2.45) is 0 Å². The molecule has 0 radical (unpaired) electrons. The number of hydrogen-bond donors (Lipinski definition) is 2. The summed E-state index contributed by atoms with van der Waals surface area (Å²) in [5.74, 6) is -0.718. The highest BCUT2D eigenvalue weighted by molar-refractivity contribution is 5.98.